The van der Waals surface area contributed by atoms with E-state index in [1.54, 1.807) is 24.3 Å². The maximum Gasteiger partial charge on any atom is 0.251 e. The van der Waals surface area contributed by atoms with Gasteiger partial charge in [-0.25, -0.2) is 0 Å². The zero-order valence-corrected chi connectivity index (χ0v) is 15.5. The number of hydrogen-bond donors (Lipinski definition) is 2. The molecule has 1 saturated carbocycles. The minimum absolute atomic E-state index is 0.0234. The third kappa shape index (κ3) is 5.76. The molecule has 0 spiro atoms. The van der Waals surface area contributed by atoms with E-state index in [2.05, 4.69) is 10.6 Å². The Bertz CT molecular complexity index is 563. The molecule has 138 valence electrons. The second-order valence-electron chi connectivity index (χ2n) is 7.00. The van der Waals surface area contributed by atoms with Crippen molar-refractivity contribution in [2.24, 2.45) is 5.92 Å². The van der Waals surface area contributed by atoms with Gasteiger partial charge in [-0.15, -0.1) is 0 Å². The van der Waals surface area contributed by atoms with E-state index in [1.165, 1.54) is 6.42 Å². The minimum atomic E-state index is -0.527. The summed E-state index contributed by atoms with van der Waals surface area (Å²) in [4.78, 5) is 25.1. The zero-order valence-electron chi connectivity index (χ0n) is 15.5. The highest BCUT2D eigenvalue weighted by atomic mass is 16.5. The van der Waals surface area contributed by atoms with Gasteiger partial charge in [0, 0.05) is 11.6 Å². The summed E-state index contributed by atoms with van der Waals surface area (Å²) in [5, 5.41) is 5.99. The van der Waals surface area contributed by atoms with Gasteiger partial charge >= 0.3 is 0 Å². The number of hydrogen-bond acceptors (Lipinski definition) is 3. The van der Waals surface area contributed by atoms with E-state index in [-0.39, 0.29) is 23.8 Å². The van der Waals surface area contributed by atoms with Crippen LogP contribution in [0.1, 0.15) is 63.2 Å². The third-order valence-electron chi connectivity index (χ3n) is 4.61. The number of carbonyl (C=O) groups is 2. The van der Waals surface area contributed by atoms with Crippen molar-refractivity contribution in [3.8, 4) is 5.75 Å². The molecule has 1 fully saturated rings. The number of ether oxygens (including phenoxy) is 1. The predicted octanol–water partition coefficient (Wildman–Crippen LogP) is 3.29. The molecule has 0 heterocycles. The van der Waals surface area contributed by atoms with Crippen LogP contribution in [-0.4, -0.2) is 30.5 Å². The van der Waals surface area contributed by atoms with Crippen molar-refractivity contribution in [3.05, 3.63) is 29.8 Å². The topological polar surface area (TPSA) is 67.4 Å². The average molecular weight is 346 g/mol. The molecule has 0 bridgehead atoms. The molecule has 1 aromatic carbocycles. The summed E-state index contributed by atoms with van der Waals surface area (Å²) < 4.78 is 5.39. The molecule has 25 heavy (non-hydrogen) atoms. The summed E-state index contributed by atoms with van der Waals surface area (Å²) >= 11 is 0. The maximum atomic E-state index is 12.6. The Labute approximate surface area is 150 Å². The van der Waals surface area contributed by atoms with Gasteiger partial charge in [-0.2, -0.15) is 0 Å². The molecule has 1 aromatic rings. The van der Waals surface area contributed by atoms with E-state index >= 15 is 0 Å². The Morgan fingerprint density at radius 3 is 2.32 bits per heavy atom. The van der Waals surface area contributed by atoms with E-state index in [4.69, 9.17) is 4.74 Å². The first-order chi connectivity index (χ1) is 12.0. The van der Waals surface area contributed by atoms with Gasteiger partial charge in [0.15, 0.2) is 0 Å². The van der Waals surface area contributed by atoms with Crippen molar-refractivity contribution in [1.29, 1.82) is 0 Å². The molecule has 5 nitrogen and oxygen atoms in total. The quantitative estimate of drug-likeness (QED) is 0.796. The van der Waals surface area contributed by atoms with Crippen molar-refractivity contribution < 1.29 is 14.3 Å². The average Bonchev–Trinajstić information content (AvgIpc) is 2.61. The molecule has 0 aromatic heterocycles. The van der Waals surface area contributed by atoms with Gasteiger partial charge < -0.3 is 15.4 Å². The first-order valence-corrected chi connectivity index (χ1v) is 9.35. The Morgan fingerprint density at radius 2 is 1.76 bits per heavy atom. The fraction of sp³-hybridized carbons (Fsp3) is 0.600. The number of rotatable bonds is 7. The Balaban J connectivity index is 1.97. The van der Waals surface area contributed by atoms with E-state index in [1.807, 2.05) is 20.8 Å². The van der Waals surface area contributed by atoms with Gasteiger partial charge in [0.1, 0.15) is 11.8 Å². The molecule has 1 aliphatic rings. The first kappa shape index (κ1) is 19.3. The van der Waals surface area contributed by atoms with Crippen LogP contribution in [0.25, 0.3) is 0 Å². The summed E-state index contributed by atoms with van der Waals surface area (Å²) in [5.41, 5.74) is 0.527. The molecule has 0 saturated heterocycles. The largest absolute Gasteiger partial charge is 0.494 e. The zero-order chi connectivity index (χ0) is 18.2. The van der Waals surface area contributed by atoms with Gasteiger partial charge in [-0.3, -0.25) is 9.59 Å². The molecule has 1 atom stereocenters. The fourth-order valence-electron chi connectivity index (χ4n) is 3.17. The van der Waals surface area contributed by atoms with Crippen molar-refractivity contribution in [2.75, 3.05) is 6.61 Å². The van der Waals surface area contributed by atoms with E-state index in [0.717, 1.165) is 31.4 Å². The molecule has 2 amide bonds. The van der Waals surface area contributed by atoms with Crippen LogP contribution in [-0.2, 0) is 4.79 Å². The van der Waals surface area contributed by atoms with Crippen molar-refractivity contribution >= 4 is 11.8 Å². The lowest BCUT2D eigenvalue weighted by Crippen LogP contribution is -2.52. The lowest BCUT2D eigenvalue weighted by atomic mass is 9.94. The van der Waals surface area contributed by atoms with E-state index in [9.17, 15) is 9.59 Å². The van der Waals surface area contributed by atoms with Gasteiger partial charge in [0.2, 0.25) is 5.91 Å². The second kappa shape index (κ2) is 9.44. The standard InChI is InChI=1S/C20H30N2O3/c1-4-25-17-12-10-15(11-13-17)19(23)22-18(14(2)3)20(24)21-16-8-6-5-7-9-16/h10-14,16,18H,4-9H2,1-3H3,(H,21,24)(H,22,23)/t18-/m1/s1. The van der Waals surface area contributed by atoms with Gasteiger partial charge in [-0.1, -0.05) is 33.1 Å². The lowest BCUT2D eigenvalue weighted by Gasteiger charge is -2.27. The fourth-order valence-corrected chi connectivity index (χ4v) is 3.17. The number of nitrogens with one attached hydrogen (secondary N) is 2. The molecule has 2 N–H and O–H groups in total. The van der Waals surface area contributed by atoms with Crippen LogP contribution in [0, 0.1) is 5.92 Å². The van der Waals surface area contributed by atoms with Crippen molar-refractivity contribution in [1.82, 2.24) is 10.6 Å². The summed E-state index contributed by atoms with van der Waals surface area (Å²) in [7, 11) is 0. The van der Waals surface area contributed by atoms with E-state index in [0.29, 0.717) is 12.2 Å². The van der Waals surface area contributed by atoms with Crippen LogP contribution in [0.15, 0.2) is 24.3 Å². The van der Waals surface area contributed by atoms with Crippen molar-refractivity contribution in [3.63, 3.8) is 0 Å². The summed E-state index contributed by atoms with van der Waals surface area (Å²) in [6.45, 7) is 6.40. The second-order valence-corrected chi connectivity index (χ2v) is 7.00. The van der Waals surface area contributed by atoms with Crippen LogP contribution in [0.2, 0.25) is 0 Å². The molecule has 1 aliphatic carbocycles. The molecule has 0 aliphatic heterocycles. The van der Waals surface area contributed by atoms with Gasteiger partial charge in [0.25, 0.3) is 5.91 Å². The molecule has 0 unspecified atom stereocenters. The Hall–Kier alpha value is -2.04. The van der Waals surface area contributed by atoms with Gasteiger partial charge in [0.05, 0.1) is 6.61 Å². The summed E-state index contributed by atoms with van der Waals surface area (Å²) in [6, 6.07) is 6.69. The Kier molecular flexibility index (Phi) is 7.29. The molecule has 2 rings (SSSR count). The number of amides is 2. The van der Waals surface area contributed by atoms with Crippen LogP contribution in [0.4, 0.5) is 0 Å². The normalized spacial score (nSPS) is 16.3. The summed E-state index contributed by atoms with van der Waals surface area (Å²) in [5.74, 6) is 0.437. The van der Waals surface area contributed by atoms with Crippen LogP contribution >= 0.6 is 0 Å². The molecular weight excluding hydrogens is 316 g/mol. The smallest absolute Gasteiger partial charge is 0.251 e. The van der Waals surface area contributed by atoms with Crippen LogP contribution in [0.5, 0.6) is 5.75 Å². The van der Waals surface area contributed by atoms with Crippen LogP contribution in [0.3, 0.4) is 0 Å². The molecule has 5 heteroatoms. The van der Waals surface area contributed by atoms with Gasteiger partial charge in [-0.05, 0) is 49.9 Å². The highest BCUT2D eigenvalue weighted by Gasteiger charge is 2.27. The highest BCUT2D eigenvalue weighted by molar-refractivity contribution is 5.97. The maximum absolute atomic E-state index is 12.6. The predicted molar refractivity (Wildman–Crippen MR) is 98.7 cm³/mol. The third-order valence-corrected chi connectivity index (χ3v) is 4.61. The highest BCUT2D eigenvalue weighted by Crippen LogP contribution is 2.18. The van der Waals surface area contributed by atoms with Crippen molar-refractivity contribution in [2.45, 2.75) is 65.0 Å². The minimum Gasteiger partial charge on any atom is -0.494 e. The SMILES string of the molecule is CCOc1ccc(C(=O)N[C@@H](C(=O)NC2CCCCC2)C(C)C)cc1. The molecular formula is C20H30N2O3. The summed E-state index contributed by atoms with van der Waals surface area (Å²) in [6.07, 6.45) is 5.63. The monoisotopic (exact) mass is 346 g/mol. The Morgan fingerprint density at radius 1 is 1.12 bits per heavy atom. The van der Waals surface area contributed by atoms with Crippen LogP contribution < -0.4 is 15.4 Å². The number of carbonyl (C=O) groups excluding carboxylic acids is 2. The van der Waals surface area contributed by atoms with E-state index < -0.39 is 6.04 Å². The molecule has 0 radical (unpaired) electrons. The number of benzene rings is 1. The first-order valence-electron chi connectivity index (χ1n) is 9.35. The lowest BCUT2D eigenvalue weighted by molar-refractivity contribution is -0.124.